The van der Waals surface area contributed by atoms with Gasteiger partial charge in [-0.15, -0.1) is 0 Å². The molecule has 2 fully saturated rings. The molecule has 654 valence electrons. The number of carbonyl (C=O) groups is 16. The Morgan fingerprint density at radius 1 is 0.500 bits per heavy atom. The zero-order valence-corrected chi connectivity index (χ0v) is 67.4. The maximum Gasteiger partial charge on any atom is 0.326 e. The van der Waals surface area contributed by atoms with E-state index in [0.29, 0.717) is 17.5 Å². The zero-order valence-electron chi connectivity index (χ0n) is 67.4. The number of hydrogen-bond donors (Lipinski definition) is 23. The summed E-state index contributed by atoms with van der Waals surface area (Å²) in [6.07, 6.45) is -2.50. The fraction of sp³-hybridized carbons (Fsp3) is 0.605. The molecule has 2 aromatic carbocycles. The molecule has 0 spiro atoms. The van der Waals surface area contributed by atoms with Crippen LogP contribution in [0.2, 0.25) is 0 Å². The number of carboxylic acids is 2. The number of phenolic OH excluding ortho intramolecular Hbond substituents is 2. The largest absolute Gasteiger partial charge is 0.508 e. The summed E-state index contributed by atoms with van der Waals surface area (Å²) in [4.78, 5) is 231. The van der Waals surface area contributed by atoms with Crippen molar-refractivity contribution in [2.75, 3.05) is 32.8 Å². The minimum atomic E-state index is -2.00. The number of aliphatic imine (C=N–C) groups is 2. The Labute approximate surface area is 683 Å². The molecule has 14 unspecified atom stereocenters. The second kappa shape index (κ2) is 49.8. The summed E-state index contributed by atoms with van der Waals surface area (Å²) in [7, 11) is 0. The molecule has 0 aromatic heterocycles. The molecule has 0 saturated carbocycles. The third-order valence-corrected chi connectivity index (χ3v) is 19.5. The Balaban J connectivity index is 1.64. The monoisotopic (exact) mass is 1660 g/mol. The van der Waals surface area contributed by atoms with Gasteiger partial charge in [0.1, 0.15) is 90.0 Å². The summed E-state index contributed by atoms with van der Waals surface area (Å²) in [5, 5.41) is 80.9. The van der Waals surface area contributed by atoms with E-state index < -0.39 is 199 Å². The number of aliphatic hydroxyl groups is 1. The Morgan fingerprint density at radius 2 is 0.924 bits per heavy atom. The number of phenols is 2. The van der Waals surface area contributed by atoms with Crippen LogP contribution in [0.15, 0.2) is 58.5 Å². The Kier molecular flexibility index (Phi) is 41.5. The Morgan fingerprint density at radius 3 is 1.40 bits per heavy atom. The molecule has 2 aliphatic rings. The van der Waals surface area contributed by atoms with Crippen LogP contribution in [0.1, 0.15) is 162 Å². The van der Waals surface area contributed by atoms with E-state index in [1.807, 2.05) is 0 Å². The lowest BCUT2D eigenvalue weighted by Crippen LogP contribution is -2.61. The fourth-order valence-electron chi connectivity index (χ4n) is 13.0. The second-order valence-electron chi connectivity index (χ2n) is 30.1. The van der Waals surface area contributed by atoms with Crippen LogP contribution in [0.5, 0.6) is 11.5 Å². The second-order valence-corrected chi connectivity index (χ2v) is 30.1. The number of hydrogen-bond acceptors (Lipinski definition) is 22. The molecule has 42 nitrogen and oxygen atoms in total. The normalized spacial score (nSPS) is 16.7. The first-order chi connectivity index (χ1) is 55.7. The van der Waals surface area contributed by atoms with Crippen LogP contribution in [-0.2, 0) is 89.6 Å². The van der Waals surface area contributed by atoms with E-state index >= 15 is 4.79 Å². The number of carbonyl (C=O) groups excluding carboxylic acids is 14. The predicted molar refractivity (Wildman–Crippen MR) is 427 cm³/mol. The van der Waals surface area contributed by atoms with Crippen molar-refractivity contribution in [3.8, 4) is 11.5 Å². The Bertz CT molecular complexity index is 3840. The smallest absolute Gasteiger partial charge is 0.326 e. The molecular formula is C76H119N21O21. The van der Waals surface area contributed by atoms with Gasteiger partial charge in [0.25, 0.3) is 0 Å². The van der Waals surface area contributed by atoms with Gasteiger partial charge in [0, 0.05) is 45.3 Å². The van der Waals surface area contributed by atoms with Crippen LogP contribution in [0.4, 0.5) is 0 Å². The molecular weight excluding hydrogens is 1540 g/mol. The van der Waals surface area contributed by atoms with Crippen molar-refractivity contribution in [2.24, 2.45) is 62.1 Å². The van der Waals surface area contributed by atoms with E-state index in [0.717, 1.165) is 0 Å². The van der Waals surface area contributed by atoms with Crippen molar-refractivity contribution >= 4 is 107 Å². The highest BCUT2D eigenvalue weighted by atomic mass is 16.4. The highest BCUT2D eigenvalue weighted by Crippen LogP contribution is 2.23. The predicted octanol–water partition coefficient (Wildman–Crippen LogP) is -5.32. The van der Waals surface area contributed by atoms with E-state index in [1.54, 1.807) is 41.5 Å². The van der Waals surface area contributed by atoms with E-state index in [-0.39, 0.29) is 164 Å². The number of amides is 14. The van der Waals surface area contributed by atoms with E-state index in [9.17, 15) is 97.5 Å². The standard InChI is InChI=1S/C76H119N21O21/c1-7-41(6)61(72(115)94-55(74(117)118)34-40(4)5)96-69(112)53(36-43-19-23-45(100)24-20-43)93-71(114)57-16-12-32-97(57)73(116)50(15-11-31-84-76(81)82)89-62(105)47(14-10-30-83-75(79)80)87-70(113)56(38-98)95-63(106)46(13-8-9-29-77)86-68(111)54(37-58(78)101)92-65(108)49(26-28-60(103)104)88-67(110)52(35-42-17-21-44(99)22-18-42)91-66(109)51(33-39(2)3)90-64(107)48-25-27-59(102)85-48/h17-24,39-41,46-57,61,98-100H,7-16,25-38,77H2,1-6H3,(H2,78,101)(H,85,102)(H,86,111)(H,87,113)(H,88,110)(H,89,105)(H,90,107)(H,91,109)(H,92,108)(H,93,114)(H,94,115)(H,95,106)(H,96,112)(H,103,104)(H,117,118)(H4,79,80,83)(H4,81,82,84). The number of rotatable bonds is 52. The van der Waals surface area contributed by atoms with E-state index in [1.165, 1.54) is 53.4 Å². The Hall–Kier alpha value is -12.0. The number of likely N-dealkylation sites (tertiary alicyclic amines) is 1. The average molecular weight is 1660 g/mol. The summed E-state index contributed by atoms with van der Waals surface area (Å²) >= 11 is 0. The number of primary amides is 1. The number of aliphatic hydroxyl groups excluding tert-OH is 1. The van der Waals surface area contributed by atoms with Gasteiger partial charge < -0.3 is 129 Å². The molecule has 2 heterocycles. The van der Waals surface area contributed by atoms with Gasteiger partial charge in [-0.25, -0.2) is 4.79 Å². The third kappa shape index (κ3) is 34.4. The summed E-state index contributed by atoms with van der Waals surface area (Å²) in [6.45, 7) is 9.11. The highest BCUT2D eigenvalue weighted by Gasteiger charge is 2.42. The molecule has 42 heteroatoms. The molecule has 29 N–H and O–H groups in total. The van der Waals surface area contributed by atoms with Gasteiger partial charge in [-0.1, -0.05) is 72.2 Å². The minimum absolute atomic E-state index is 0.0244. The van der Waals surface area contributed by atoms with Gasteiger partial charge in [-0.3, -0.25) is 81.9 Å². The van der Waals surface area contributed by atoms with Gasteiger partial charge in [0.2, 0.25) is 82.7 Å². The molecule has 14 atom stereocenters. The van der Waals surface area contributed by atoms with Gasteiger partial charge in [0.05, 0.1) is 13.0 Å². The molecule has 0 bridgehead atoms. The first kappa shape index (κ1) is 98.4. The van der Waals surface area contributed by atoms with Crippen molar-refractivity contribution in [3.63, 3.8) is 0 Å². The number of guanidine groups is 2. The first-order valence-electron chi connectivity index (χ1n) is 39.4. The van der Waals surface area contributed by atoms with Crippen molar-refractivity contribution in [1.29, 1.82) is 0 Å². The maximum absolute atomic E-state index is 15.1. The molecule has 0 radical (unpaired) electrons. The van der Waals surface area contributed by atoms with Gasteiger partial charge in [-0.05, 0) is 143 Å². The van der Waals surface area contributed by atoms with Crippen LogP contribution in [0.25, 0.3) is 0 Å². The molecule has 2 saturated heterocycles. The topological polar surface area (TPSA) is 703 Å². The fourth-order valence-corrected chi connectivity index (χ4v) is 13.0. The molecule has 0 aliphatic carbocycles. The first-order valence-corrected chi connectivity index (χ1v) is 39.4. The van der Waals surface area contributed by atoms with Gasteiger partial charge in [0.15, 0.2) is 11.9 Å². The summed E-state index contributed by atoms with van der Waals surface area (Å²) in [6, 6.07) is -8.74. The minimum Gasteiger partial charge on any atom is -0.508 e. The molecule has 118 heavy (non-hydrogen) atoms. The zero-order chi connectivity index (χ0) is 88.0. The molecule has 14 amide bonds. The lowest BCUT2D eigenvalue weighted by molar-refractivity contribution is -0.143. The van der Waals surface area contributed by atoms with Crippen molar-refractivity contribution in [2.45, 2.75) is 242 Å². The van der Waals surface area contributed by atoms with E-state index in [4.69, 9.17) is 34.4 Å². The number of aromatic hydroxyl groups is 2. The quantitative estimate of drug-likeness (QED) is 0.0167. The average Bonchev–Trinajstić information content (AvgIpc) is 1.63. The van der Waals surface area contributed by atoms with Crippen molar-refractivity contribution in [3.05, 3.63) is 59.7 Å². The van der Waals surface area contributed by atoms with Crippen LogP contribution < -0.4 is 98.2 Å². The summed E-state index contributed by atoms with van der Waals surface area (Å²) < 4.78 is 0. The highest BCUT2D eigenvalue weighted by molar-refractivity contribution is 6.01. The van der Waals surface area contributed by atoms with Gasteiger partial charge >= 0.3 is 11.9 Å². The maximum atomic E-state index is 15.1. The van der Waals surface area contributed by atoms with Crippen LogP contribution in [-0.4, -0.2) is 248 Å². The van der Waals surface area contributed by atoms with Crippen molar-refractivity contribution in [1.82, 2.24) is 68.7 Å². The third-order valence-electron chi connectivity index (χ3n) is 19.5. The SMILES string of the molecule is CCC(C)C(NC(=O)C(Cc1ccc(O)cc1)NC(=O)C1CCCN1C(=O)C(CCCN=C(N)N)NC(=O)C(CCCN=C(N)N)NC(=O)C(CO)NC(=O)C(CCCCN)NC(=O)C(CC(N)=O)NC(=O)C(CCC(=O)O)NC(=O)C(Cc1ccc(O)cc1)NC(=O)C(CC(C)C)NC(=O)C1CCC(=O)N1)C(=O)NC(CC(C)C)C(=O)O. The lowest BCUT2D eigenvalue weighted by atomic mass is 9.96. The van der Waals surface area contributed by atoms with Crippen LogP contribution in [0, 0.1) is 17.8 Å². The number of aliphatic carboxylic acids is 2. The van der Waals surface area contributed by atoms with Crippen molar-refractivity contribution < 1.29 is 102 Å². The van der Waals surface area contributed by atoms with E-state index in [2.05, 4.69) is 73.8 Å². The molecule has 4 rings (SSSR count). The van der Waals surface area contributed by atoms with Crippen LogP contribution in [0.3, 0.4) is 0 Å². The number of unbranched alkanes of at least 4 members (excludes halogenated alkanes) is 1. The molecule has 2 aromatic rings. The number of nitrogens with one attached hydrogen (secondary N) is 12. The lowest BCUT2D eigenvalue weighted by Gasteiger charge is -2.31. The molecule has 2 aliphatic heterocycles. The summed E-state index contributed by atoms with van der Waals surface area (Å²) in [5.41, 5.74) is 34.6. The number of nitrogens with zero attached hydrogens (tertiary/aromatic N) is 3. The van der Waals surface area contributed by atoms with Crippen LogP contribution >= 0.6 is 0 Å². The number of carboxylic acid groups (broad SMARTS) is 2. The van der Waals surface area contributed by atoms with Gasteiger partial charge in [-0.2, -0.15) is 0 Å². The number of benzene rings is 2. The number of nitrogens with two attached hydrogens (primary N) is 6. The summed E-state index contributed by atoms with van der Waals surface area (Å²) in [5.74, 6) is -18.1.